The summed E-state index contributed by atoms with van der Waals surface area (Å²) in [5.74, 6) is 0.203. The lowest BCUT2D eigenvalue weighted by atomic mass is 10.1. The van der Waals surface area contributed by atoms with Crippen LogP contribution in [0.4, 0.5) is 5.69 Å². The van der Waals surface area contributed by atoms with Crippen molar-refractivity contribution in [2.24, 2.45) is 0 Å². The summed E-state index contributed by atoms with van der Waals surface area (Å²) < 4.78 is 5.23. The first-order valence-corrected chi connectivity index (χ1v) is 7.54. The molecule has 23 heavy (non-hydrogen) atoms. The first kappa shape index (κ1) is 15.3. The molecule has 1 aromatic heterocycles. The van der Waals surface area contributed by atoms with Crippen LogP contribution in [0.25, 0.3) is 11.3 Å². The molecule has 0 saturated heterocycles. The van der Waals surface area contributed by atoms with Crippen molar-refractivity contribution in [3.05, 3.63) is 70.4 Å². The number of carbonyl (C=O) groups is 1. The summed E-state index contributed by atoms with van der Waals surface area (Å²) in [6, 6.07) is 14.9. The third-order valence-electron chi connectivity index (χ3n) is 3.65. The Bertz CT molecular complexity index is 857. The highest BCUT2D eigenvalue weighted by Gasteiger charge is 2.22. The molecule has 0 fully saturated rings. The maximum absolute atomic E-state index is 12.7. The van der Waals surface area contributed by atoms with Crippen molar-refractivity contribution in [2.45, 2.75) is 13.8 Å². The maximum atomic E-state index is 12.7. The molecule has 1 heterocycles. The first-order valence-electron chi connectivity index (χ1n) is 7.16. The Morgan fingerprint density at radius 2 is 1.83 bits per heavy atom. The Balaban J connectivity index is 1.97. The fourth-order valence-corrected chi connectivity index (χ4v) is 2.53. The third kappa shape index (κ3) is 2.98. The van der Waals surface area contributed by atoms with Crippen LogP contribution in [0.5, 0.6) is 0 Å². The van der Waals surface area contributed by atoms with Crippen LogP contribution in [0.2, 0.25) is 5.02 Å². The molecule has 1 amide bonds. The fraction of sp³-hybridized carbons (Fsp3) is 0.111. The average Bonchev–Trinajstić information content (AvgIpc) is 2.94. The summed E-state index contributed by atoms with van der Waals surface area (Å²) in [6.45, 7) is 3.58. The van der Waals surface area contributed by atoms with E-state index >= 15 is 0 Å². The zero-order valence-corrected chi connectivity index (χ0v) is 13.5. The summed E-state index contributed by atoms with van der Waals surface area (Å²) >= 11 is 6.10. The van der Waals surface area contributed by atoms with Gasteiger partial charge in [-0.1, -0.05) is 53.2 Å². The number of carbonyl (C=O) groups excluding carboxylic acids is 1. The molecule has 0 bridgehead atoms. The van der Waals surface area contributed by atoms with Crippen molar-refractivity contribution in [1.82, 2.24) is 5.16 Å². The molecule has 0 saturated carbocycles. The summed E-state index contributed by atoms with van der Waals surface area (Å²) in [5.41, 5.74) is 3.27. The van der Waals surface area contributed by atoms with E-state index in [1.54, 1.807) is 19.1 Å². The second-order valence-corrected chi connectivity index (χ2v) is 5.60. The second-order valence-electron chi connectivity index (χ2n) is 5.19. The van der Waals surface area contributed by atoms with E-state index < -0.39 is 0 Å². The molecular formula is C18H15ClN2O2. The number of aryl methyl sites for hydroxylation is 1. The Morgan fingerprint density at radius 3 is 2.57 bits per heavy atom. The lowest BCUT2D eigenvalue weighted by Gasteiger charge is -2.09. The van der Waals surface area contributed by atoms with Crippen LogP contribution in [-0.4, -0.2) is 11.1 Å². The summed E-state index contributed by atoms with van der Waals surface area (Å²) in [6.07, 6.45) is 0. The van der Waals surface area contributed by atoms with Crippen molar-refractivity contribution in [1.29, 1.82) is 0 Å². The van der Waals surface area contributed by atoms with Crippen LogP contribution in [0.1, 0.15) is 21.7 Å². The second kappa shape index (κ2) is 6.26. The van der Waals surface area contributed by atoms with Crippen molar-refractivity contribution in [3.8, 4) is 11.3 Å². The van der Waals surface area contributed by atoms with Crippen LogP contribution >= 0.6 is 11.6 Å². The molecular weight excluding hydrogens is 312 g/mol. The first-order chi connectivity index (χ1) is 11.1. The Labute approximate surface area is 139 Å². The number of nitrogens with zero attached hydrogens (tertiary/aromatic N) is 1. The fourth-order valence-electron chi connectivity index (χ4n) is 2.36. The van der Waals surface area contributed by atoms with Gasteiger partial charge in [0.15, 0.2) is 0 Å². The summed E-state index contributed by atoms with van der Waals surface area (Å²) in [4.78, 5) is 12.7. The van der Waals surface area contributed by atoms with E-state index in [1.165, 1.54) is 0 Å². The molecule has 0 atom stereocenters. The van der Waals surface area contributed by atoms with Gasteiger partial charge in [-0.3, -0.25) is 4.79 Å². The van der Waals surface area contributed by atoms with E-state index in [2.05, 4.69) is 10.5 Å². The molecule has 0 radical (unpaired) electrons. The predicted molar refractivity (Wildman–Crippen MR) is 90.8 cm³/mol. The van der Waals surface area contributed by atoms with Crippen LogP contribution in [0.3, 0.4) is 0 Å². The molecule has 3 rings (SSSR count). The molecule has 2 aromatic carbocycles. The number of nitrogens with one attached hydrogen (secondary N) is 1. The number of rotatable bonds is 3. The van der Waals surface area contributed by atoms with Gasteiger partial charge in [-0.05, 0) is 31.5 Å². The van der Waals surface area contributed by atoms with Crippen molar-refractivity contribution < 1.29 is 9.32 Å². The summed E-state index contributed by atoms with van der Waals surface area (Å²) in [7, 11) is 0. The summed E-state index contributed by atoms with van der Waals surface area (Å²) in [5, 5.41) is 7.51. The van der Waals surface area contributed by atoms with Gasteiger partial charge < -0.3 is 9.84 Å². The molecule has 0 unspecified atom stereocenters. The lowest BCUT2D eigenvalue weighted by molar-refractivity contribution is 0.102. The van der Waals surface area contributed by atoms with E-state index in [0.29, 0.717) is 27.7 Å². The normalized spacial score (nSPS) is 10.6. The predicted octanol–water partition coefficient (Wildman–Crippen LogP) is 4.86. The smallest absolute Gasteiger partial charge is 0.261 e. The average molecular weight is 327 g/mol. The van der Waals surface area contributed by atoms with Gasteiger partial charge in [-0.2, -0.15) is 0 Å². The Kier molecular flexibility index (Phi) is 4.17. The van der Waals surface area contributed by atoms with Gasteiger partial charge >= 0.3 is 0 Å². The standard InChI is InChI=1S/C18H15ClN2O2/c1-11-14(19)9-6-10-15(11)20-18(22)16-12(2)23-21-17(16)13-7-4-3-5-8-13/h3-10H,1-2H3,(H,20,22). The van der Waals surface area contributed by atoms with Gasteiger partial charge in [0, 0.05) is 16.3 Å². The van der Waals surface area contributed by atoms with E-state index in [1.807, 2.05) is 43.3 Å². The Morgan fingerprint density at radius 1 is 1.09 bits per heavy atom. The molecule has 0 aliphatic rings. The molecule has 0 aliphatic heterocycles. The highest BCUT2D eigenvalue weighted by atomic mass is 35.5. The van der Waals surface area contributed by atoms with Crippen LogP contribution < -0.4 is 5.32 Å². The monoisotopic (exact) mass is 326 g/mol. The largest absolute Gasteiger partial charge is 0.360 e. The van der Waals surface area contributed by atoms with E-state index in [0.717, 1.165) is 11.1 Å². The molecule has 5 heteroatoms. The van der Waals surface area contributed by atoms with Crippen LogP contribution in [0, 0.1) is 13.8 Å². The number of halogens is 1. The highest BCUT2D eigenvalue weighted by Crippen LogP contribution is 2.28. The zero-order valence-electron chi connectivity index (χ0n) is 12.8. The quantitative estimate of drug-likeness (QED) is 0.747. The minimum Gasteiger partial charge on any atom is -0.360 e. The molecule has 1 N–H and O–H groups in total. The highest BCUT2D eigenvalue weighted by molar-refractivity contribution is 6.31. The van der Waals surface area contributed by atoms with E-state index in [9.17, 15) is 4.79 Å². The van der Waals surface area contributed by atoms with Gasteiger partial charge in [0.2, 0.25) is 0 Å². The maximum Gasteiger partial charge on any atom is 0.261 e. The number of benzene rings is 2. The minimum absolute atomic E-state index is 0.270. The van der Waals surface area contributed by atoms with Gasteiger partial charge in [-0.25, -0.2) is 0 Å². The van der Waals surface area contributed by atoms with Crippen LogP contribution in [0.15, 0.2) is 53.1 Å². The number of hydrogen-bond acceptors (Lipinski definition) is 3. The van der Waals surface area contributed by atoms with Gasteiger partial charge in [0.25, 0.3) is 5.91 Å². The van der Waals surface area contributed by atoms with Crippen molar-refractivity contribution in [3.63, 3.8) is 0 Å². The third-order valence-corrected chi connectivity index (χ3v) is 4.06. The molecule has 3 aromatic rings. The van der Waals surface area contributed by atoms with E-state index in [4.69, 9.17) is 16.1 Å². The number of aromatic nitrogens is 1. The van der Waals surface area contributed by atoms with Crippen LogP contribution in [-0.2, 0) is 0 Å². The zero-order chi connectivity index (χ0) is 16.4. The van der Waals surface area contributed by atoms with E-state index in [-0.39, 0.29) is 5.91 Å². The molecule has 0 spiro atoms. The van der Waals surface area contributed by atoms with Gasteiger partial charge in [0.1, 0.15) is 17.0 Å². The number of anilines is 1. The molecule has 0 aliphatic carbocycles. The number of hydrogen-bond donors (Lipinski definition) is 1. The molecule has 4 nitrogen and oxygen atoms in total. The van der Waals surface area contributed by atoms with Crippen molar-refractivity contribution in [2.75, 3.05) is 5.32 Å². The lowest BCUT2D eigenvalue weighted by Crippen LogP contribution is -2.14. The minimum atomic E-state index is -0.270. The SMILES string of the molecule is Cc1onc(-c2ccccc2)c1C(=O)Nc1cccc(Cl)c1C. The van der Waals surface area contributed by atoms with Gasteiger partial charge in [0.05, 0.1) is 0 Å². The number of amides is 1. The molecule has 116 valence electrons. The van der Waals surface area contributed by atoms with Gasteiger partial charge in [-0.15, -0.1) is 0 Å². The van der Waals surface area contributed by atoms with Crippen molar-refractivity contribution >= 4 is 23.2 Å². The Hall–Kier alpha value is -2.59. The topological polar surface area (TPSA) is 55.1 Å².